The summed E-state index contributed by atoms with van der Waals surface area (Å²) in [6.07, 6.45) is -2.90. The Morgan fingerprint density at radius 1 is 1.27 bits per heavy atom. The van der Waals surface area contributed by atoms with Crippen molar-refractivity contribution < 1.29 is 17.9 Å². The molecule has 0 radical (unpaired) electrons. The number of aromatic nitrogens is 3. The summed E-state index contributed by atoms with van der Waals surface area (Å²) >= 11 is 0. The number of nitrogens with zero attached hydrogens (tertiary/aromatic N) is 3. The molecule has 30 heavy (non-hydrogen) atoms. The topological polar surface area (TPSA) is 83.1 Å². The van der Waals surface area contributed by atoms with Crippen molar-refractivity contribution in [3.8, 4) is 0 Å². The van der Waals surface area contributed by atoms with Gasteiger partial charge in [-0.15, -0.1) is 0 Å². The van der Waals surface area contributed by atoms with Crippen LogP contribution in [0.25, 0.3) is 11.0 Å². The van der Waals surface area contributed by atoms with E-state index in [4.69, 9.17) is 4.74 Å². The van der Waals surface area contributed by atoms with Gasteiger partial charge in [-0.3, -0.25) is 4.79 Å². The van der Waals surface area contributed by atoms with Gasteiger partial charge in [-0.1, -0.05) is 18.2 Å². The van der Waals surface area contributed by atoms with Crippen LogP contribution in [-0.4, -0.2) is 41.3 Å². The van der Waals surface area contributed by atoms with Crippen molar-refractivity contribution >= 4 is 22.5 Å². The molecule has 7 nitrogen and oxygen atoms in total. The van der Waals surface area contributed by atoms with Gasteiger partial charge in [0.1, 0.15) is 28.8 Å². The number of aryl methyl sites for hydroxylation is 1. The normalized spacial score (nSPS) is 14.5. The molecule has 3 aromatic rings. The van der Waals surface area contributed by atoms with Gasteiger partial charge in [0.15, 0.2) is 0 Å². The molecule has 0 spiro atoms. The molecule has 0 unspecified atom stereocenters. The molecule has 0 amide bonds. The van der Waals surface area contributed by atoms with E-state index in [2.05, 4.69) is 20.3 Å². The number of morpholine rings is 1. The van der Waals surface area contributed by atoms with Gasteiger partial charge in [0.25, 0.3) is 12.0 Å². The summed E-state index contributed by atoms with van der Waals surface area (Å²) in [6, 6.07) is 5.57. The van der Waals surface area contributed by atoms with Crippen LogP contribution in [0.1, 0.15) is 23.4 Å². The number of halogens is 3. The van der Waals surface area contributed by atoms with Crippen LogP contribution in [0.5, 0.6) is 0 Å². The molecular formula is C20H20F3N5O2. The van der Waals surface area contributed by atoms with E-state index in [1.807, 2.05) is 4.90 Å². The van der Waals surface area contributed by atoms with Crippen LogP contribution >= 0.6 is 0 Å². The number of pyridine rings is 1. The average molecular weight is 419 g/mol. The largest absolute Gasteiger partial charge is 0.378 e. The third kappa shape index (κ3) is 3.95. The molecule has 1 aromatic carbocycles. The number of hydrogen-bond acceptors (Lipinski definition) is 6. The fourth-order valence-corrected chi connectivity index (χ4v) is 3.44. The predicted molar refractivity (Wildman–Crippen MR) is 107 cm³/mol. The van der Waals surface area contributed by atoms with Crippen LogP contribution in [0.3, 0.4) is 0 Å². The van der Waals surface area contributed by atoms with Crippen molar-refractivity contribution in [3.63, 3.8) is 0 Å². The molecule has 0 atom stereocenters. The van der Waals surface area contributed by atoms with Crippen LogP contribution < -0.4 is 15.8 Å². The Bertz CT molecular complexity index is 1130. The highest BCUT2D eigenvalue weighted by molar-refractivity contribution is 5.89. The smallest absolute Gasteiger partial charge is 0.273 e. The molecule has 158 valence electrons. The molecule has 2 N–H and O–H groups in total. The standard InChI is InChI=1S/C20H20F3N5O2/c1-11-25-18(24-10-12-3-2-4-13(16(12)21)17(22)23)14-9-15(20(29)27-19(14)26-11)28-5-7-30-8-6-28/h2-4,9,17H,5-8,10H2,1H3,(H2,24,25,26,27,29). The molecular weight excluding hydrogens is 399 g/mol. The van der Waals surface area contributed by atoms with Gasteiger partial charge in [0.2, 0.25) is 0 Å². The van der Waals surface area contributed by atoms with Crippen LogP contribution in [0, 0.1) is 12.7 Å². The number of nitrogens with one attached hydrogen (secondary N) is 2. The van der Waals surface area contributed by atoms with Gasteiger partial charge in [-0.25, -0.2) is 23.1 Å². The monoisotopic (exact) mass is 419 g/mol. The fourth-order valence-electron chi connectivity index (χ4n) is 3.44. The van der Waals surface area contributed by atoms with E-state index in [-0.39, 0.29) is 17.7 Å². The average Bonchev–Trinajstić information content (AvgIpc) is 2.72. The zero-order chi connectivity index (χ0) is 21.3. The molecule has 1 aliphatic rings. The summed E-state index contributed by atoms with van der Waals surface area (Å²) in [6.45, 7) is 3.81. The molecule has 1 aliphatic heterocycles. The van der Waals surface area contributed by atoms with Crippen molar-refractivity contribution in [2.24, 2.45) is 0 Å². The number of alkyl halides is 2. The van der Waals surface area contributed by atoms with Crippen molar-refractivity contribution in [3.05, 3.63) is 57.4 Å². The number of rotatable bonds is 5. The highest BCUT2D eigenvalue weighted by atomic mass is 19.3. The van der Waals surface area contributed by atoms with Gasteiger partial charge >= 0.3 is 0 Å². The highest BCUT2D eigenvalue weighted by Gasteiger charge is 2.19. The van der Waals surface area contributed by atoms with E-state index < -0.39 is 17.8 Å². The second-order valence-corrected chi connectivity index (χ2v) is 6.94. The van der Waals surface area contributed by atoms with Gasteiger partial charge in [0, 0.05) is 25.2 Å². The first kappa shape index (κ1) is 20.1. The van der Waals surface area contributed by atoms with Crippen LogP contribution in [-0.2, 0) is 11.3 Å². The first-order chi connectivity index (χ1) is 14.4. The van der Waals surface area contributed by atoms with E-state index >= 15 is 0 Å². The number of benzene rings is 1. The molecule has 1 saturated heterocycles. The minimum Gasteiger partial charge on any atom is -0.378 e. The third-order valence-corrected chi connectivity index (χ3v) is 4.94. The Morgan fingerprint density at radius 2 is 2.03 bits per heavy atom. The van der Waals surface area contributed by atoms with Gasteiger partial charge < -0.3 is 19.9 Å². The third-order valence-electron chi connectivity index (χ3n) is 4.94. The zero-order valence-corrected chi connectivity index (χ0v) is 16.2. The number of aromatic amines is 1. The number of hydrogen-bond donors (Lipinski definition) is 2. The van der Waals surface area contributed by atoms with Crippen molar-refractivity contribution in [2.45, 2.75) is 19.9 Å². The maximum absolute atomic E-state index is 14.4. The minimum atomic E-state index is -2.90. The molecule has 0 aliphatic carbocycles. The van der Waals surface area contributed by atoms with E-state index in [1.165, 1.54) is 12.1 Å². The molecule has 3 heterocycles. The van der Waals surface area contributed by atoms with Crippen molar-refractivity contribution in [1.82, 2.24) is 15.0 Å². The maximum Gasteiger partial charge on any atom is 0.273 e. The molecule has 0 saturated carbocycles. The Morgan fingerprint density at radius 3 is 2.77 bits per heavy atom. The summed E-state index contributed by atoms with van der Waals surface area (Å²) < 4.78 is 45.6. The highest BCUT2D eigenvalue weighted by Crippen LogP contribution is 2.26. The lowest BCUT2D eigenvalue weighted by Gasteiger charge is -2.28. The Kier molecular flexibility index (Phi) is 5.58. The van der Waals surface area contributed by atoms with E-state index in [9.17, 15) is 18.0 Å². The second-order valence-electron chi connectivity index (χ2n) is 6.94. The number of ether oxygens (including phenoxy) is 1. The summed E-state index contributed by atoms with van der Waals surface area (Å²) in [4.78, 5) is 25.9. The van der Waals surface area contributed by atoms with Gasteiger partial charge in [-0.2, -0.15) is 0 Å². The summed E-state index contributed by atoms with van der Waals surface area (Å²) in [5, 5.41) is 3.55. The van der Waals surface area contributed by atoms with E-state index in [0.29, 0.717) is 54.7 Å². The molecule has 2 aromatic heterocycles. The molecule has 1 fully saturated rings. The first-order valence-corrected chi connectivity index (χ1v) is 9.47. The quantitative estimate of drug-likeness (QED) is 0.661. The first-order valence-electron chi connectivity index (χ1n) is 9.47. The van der Waals surface area contributed by atoms with Gasteiger partial charge in [0.05, 0.1) is 24.2 Å². The Balaban J connectivity index is 1.70. The maximum atomic E-state index is 14.4. The number of H-pyrrole nitrogens is 1. The lowest BCUT2D eigenvalue weighted by atomic mass is 10.1. The Labute approximate surface area is 169 Å². The lowest BCUT2D eigenvalue weighted by Crippen LogP contribution is -2.39. The number of fused-ring (bicyclic) bond motifs is 1. The second kappa shape index (κ2) is 8.31. The zero-order valence-electron chi connectivity index (χ0n) is 16.2. The van der Waals surface area contributed by atoms with Crippen LogP contribution in [0.4, 0.5) is 24.7 Å². The SMILES string of the molecule is Cc1nc(NCc2cccc(C(F)F)c2F)c2cc(N3CCOCC3)c(=O)[nH]c2n1. The Hall–Kier alpha value is -3.14. The summed E-state index contributed by atoms with van der Waals surface area (Å²) in [5.74, 6) is -0.163. The molecule has 4 rings (SSSR count). The predicted octanol–water partition coefficient (Wildman–Crippen LogP) is 3.15. The van der Waals surface area contributed by atoms with Crippen molar-refractivity contribution in [2.75, 3.05) is 36.5 Å². The van der Waals surface area contributed by atoms with E-state index in [1.54, 1.807) is 13.0 Å². The number of anilines is 2. The van der Waals surface area contributed by atoms with Crippen LogP contribution in [0.2, 0.25) is 0 Å². The summed E-state index contributed by atoms with van der Waals surface area (Å²) in [5.41, 5.74) is -0.0166. The molecule has 10 heteroatoms. The molecule has 0 bridgehead atoms. The van der Waals surface area contributed by atoms with Gasteiger partial charge in [-0.05, 0) is 13.0 Å². The summed E-state index contributed by atoms with van der Waals surface area (Å²) in [7, 11) is 0. The van der Waals surface area contributed by atoms with E-state index in [0.717, 1.165) is 6.07 Å². The van der Waals surface area contributed by atoms with Crippen LogP contribution in [0.15, 0.2) is 29.1 Å². The lowest BCUT2D eigenvalue weighted by molar-refractivity contribution is 0.122. The minimum absolute atomic E-state index is 0.0516. The fraction of sp³-hybridized carbons (Fsp3) is 0.350. The van der Waals surface area contributed by atoms with Crippen molar-refractivity contribution in [1.29, 1.82) is 0 Å².